The van der Waals surface area contributed by atoms with Gasteiger partial charge in [-0.25, -0.2) is 0 Å². The summed E-state index contributed by atoms with van der Waals surface area (Å²) in [7, 11) is 0. The van der Waals surface area contributed by atoms with Crippen LogP contribution in [0.25, 0.3) is 0 Å². The Morgan fingerprint density at radius 1 is 0.879 bits per heavy atom. The molecule has 0 aromatic carbocycles. The van der Waals surface area contributed by atoms with Crippen LogP contribution in [0.5, 0.6) is 0 Å². The Bertz CT molecular complexity index is 651. The van der Waals surface area contributed by atoms with Gasteiger partial charge in [0.25, 0.3) is 0 Å². The molecule has 33 heavy (non-hydrogen) atoms. The molecule has 0 aliphatic rings. The molecule has 0 aromatic heterocycles. The summed E-state index contributed by atoms with van der Waals surface area (Å²) in [6.07, 6.45) is 15.5. The molecule has 0 aliphatic carbocycles. The van der Waals surface area contributed by atoms with E-state index in [1.54, 1.807) is 6.92 Å². The van der Waals surface area contributed by atoms with E-state index in [2.05, 4.69) is 56.9 Å². The molecular formula is C29H52O3Sn. The van der Waals surface area contributed by atoms with E-state index in [1.165, 1.54) is 51.8 Å². The van der Waals surface area contributed by atoms with Crippen LogP contribution in [-0.2, 0) is 9.53 Å². The minimum absolute atomic E-state index is 0.0490. The van der Waals surface area contributed by atoms with E-state index in [9.17, 15) is 9.90 Å². The molecule has 4 heteroatoms. The van der Waals surface area contributed by atoms with E-state index in [0.29, 0.717) is 12.2 Å². The fraction of sp³-hybridized carbons (Fsp3) is 0.690. The summed E-state index contributed by atoms with van der Waals surface area (Å²) in [6.45, 7) is 17.0. The molecule has 0 aromatic rings. The SMILES string of the molecule is CCC[CH2][Sn](/[CH]=C/[C@@H](O)[C@H](C)/C=C(C)/C=C(C)/C=C(\C)C(=O)OCC)([CH2]CCC)[CH2]CCC. The van der Waals surface area contributed by atoms with Crippen LogP contribution in [0.15, 0.2) is 45.1 Å². The molecule has 0 heterocycles. The van der Waals surface area contributed by atoms with Gasteiger partial charge in [-0.15, -0.1) is 0 Å². The van der Waals surface area contributed by atoms with Crippen LogP contribution < -0.4 is 0 Å². The summed E-state index contributed by atoms with van der Waals surface area (Å²) in [6, 6.07) is 0. The van der Waals surface area contributed by atoms with Crippen molar-refractivity contribution in [2.75, 3.05) is 6.61 Å². The van der Waals surface area contributed by atoms with Gasteiger partial charge in [-0.2, -0.15) is 0 Å². The van der Waals surface area contributed by atoms with E-state index >= 15 is 0 Å². The normalized spacial score (nSPS) is 15.7. The minimum atomic E-state index is -2.37. The van der Waals surface area contributed by atoms with E-state index in [1.807, 2.05) is 19.9 Å². The second-order valence-electron chi connectivity index (χ2n) is 9.73. The zero-order chi connectivity index (χ0) is 25.3. The van der Waals surface area contributed by atoms with Crippen molar-refractivity contribution in [1.29, 1.82) is 0 Å². The number of ether oxygens (including phenoxy) is 1. The zero-order valence-electron chi connectivity index (χ0n) is 22.9. The van der Waals surface area contributed by atoms with Crippen molar-refractivity contribution in [2.24, 2.45) is 5.92 Å². The maximum atomic E-state index is 11.8. The van der Waals surface area contributed by atoms with Gasteiger partial charge in [0.05, 0.1) is 6.61 Å². The van der Waals surface area contributed by atoms with Gasteiger partial charge in [-0.3, -0.25) is 0 Å². The summed E-state index contributed by atoms with van der Waals surface area (Å²) in [5.74, 6) is -0.224. The Labute approximate surface area is 209 Å². The van der Waals surface area contributed by atoms with Crippen molar-refractivity contribution in [3.05, 3.63) is 45.1 Å². The number of aliphatic hydroxyl groups is 1. The first-order valence-corrected chi connectivity index (χ1v) is 20.9. The third kappa shape index (κ3) is 14.2. The number of esters is 1. The van der Waals surface area contributed by atoms with Crippen molar-refractivity contribution in [3.63, 3.8) is 0 Å². The fourth-order valence-corrected chi connectivity index (χ4v) is 18.6. The third-order valence-electron chi connectivity index (χ3n) is 6.29. The Morgan fingerprint density at radius 3 is 1.85 bits per heavy atom. The Morgan fingerprint density at radius 2 is 1.39 bits per heavy atom. The predicted octanol–water partition coefficient (Wildman–Crippen LogP) is 8.33. The molecule has 0 spiro atoms. The molecule has 0 radical (unpaired) electrons. The van der Waals surface area contributed by atoms with Gasteiger partial charge in [0, 0.05) is 0 Å². The van der Waals surface area contributed by atoms with Gasteiger partial charge in [0.15, 0.2) is 0 Å². The van der Waals surface area contributed by atoms with Crippen molar-refractivity contribution in [1.82, 2.24) is 0 Å². The standard InChI is InChI=1S/C17H25O3.3C4H9.Sn/c1-7-16(18)14(5)10-12(3)9-13(4)11-15(6)17(19)20-8-2;3*1-3-4-2;/h1,7,9-11,14,16,18H,8H2,2-6H3;3*1,3-4H2,2H3;/b7-1?,12-10+,13-9+,15-11+;;;;/t14-,16-;;;;/m1..../s1. The van der Waals surface area contributed by atoms with Crippen molar-refractivity contribution in [2.45, 2.75) is 113 Å². The van der Waals surface area contributed by atoms with Crippen LogP contribution in [0.3, 0.4) is 0 Å². The van der Waals surface area contributed by atoms with E-state index < -0.39 is 24.5 Å². The predicted molar refractivity (Wildman–Crippen MR) is 147 cm³/mol. The number of allylic oxidation sites excluding steroid dienone is 4. The monoisotopic (exact) mass is 568 g/mol. The number of carbonyl (C=O) groups excluding carboxylic acids is 1. The molecule has 0 fully saturated rings. The second-order valence-corrected chi connectivity index (χ2v) is 22.7. The first-order valence-electron chi connectivity index (χ1n) is 13.2. The molecule has 0 unspecified atom stereocenters. The number of unbranched alkanes of at least 4 members (excludes halogenated alkanes) is 3. The average Bonchev–Trinajstić information content (AvgIpc) is 2.77. The van der Waals surface area contributed by atoms with E-state index in [0.717, 1.165) is 11.1 Å². The van der Waals surface area contributed by atoms with Crippen LogP contribution in [0.4, 0.5) is 0 Å². The summed E-state index contributed by atoms with van der Waals surface area (Å²) >= 11 is -2.37. The van der Waals surface area contributed by atoms with Crippen LogP contribution >= 0.6 is 0 Å². The summed E-state index contributed by atoms with van der Waals surface area (Å²) in [5.41, 5.74) is 2.70. The van der Waals surface area contributed by atoms with Gasteiger partial charge >= 0.3 is 196 Å². The molecule has 2 atom stereocenters. The van der Waals surface area contributed by atoms with Gasteiger partial charge < -0.3 is 0 Å². The molecule has 0 rings (SSSR count). The van der Waals surface area contributed by atoms with E-state index in [-0.39, 0.29) is 11.9 Å². The molecule has 0 bridgehead atoms. The molecule has 0 amide bonds. The fourth-order valence-electron chi connectivity index (χ4n) is 4.30. The zero-order valence-corrected chi connectivity index (χ0v) is 25.7. The first kappa shape index (κ1) is 32.2. The number of carbonyl (C=O) groups is 1. The van der Waals surface area contributed by atoms with Crippen LogP contribution in [-0.4, -0.2) is 42.2 Å². The average molecular weight is 567 g/mol. The topological polar surface area (TPSA) is 46.5 Å². The number of hydrogen-bond acceptors (Lipinski definition) is 3. The molecule has 3 nitrogen and oxygen atoms in total. The second kappa shape index (κ2) is 18.5. The number of aliphatic hydroxyl groups excluding tert-OH is 1. The molecule has 1 N–H and O–H groups in total. The van der Waals surface area contributed by atoms with Crippen LogP contribution in [0.2, 0.25) is 13.3 Å². The van der Waals surface area contributed by atoms with Gasteiger partial charge in [-0.05, 0) is 6.92 Å². The van der Waals surface area contributed by atoms with Crippen molar-refractivity contribution >= 4 is 24.3 Å². The molecule has 0 saturated heterocycles. The van der Waals surface area contributed by atoms with E-state index in [4.69, 9.17) is 4.74 Å². The third-order valence-corrected chi connectivity index (χ3v) is 20.4. The van der Waals surface area contributed by atoms with Gasteiger partial charge in [-0.1, -0.05) is 0 Å². The summed E-state index contributed by atoms with van der Waals surface area (Å²) in [4.78, 5) is 11.8. The molecule has 0 aliphatic heterocycles. The van der Waals surface area contributed by atoms with Crippen molar-refractivity contribution in [3.8, 4) is 0 Å². The first-order chi connectivity index (χ1) is 15.6. The Balaban J connectivity index is 5.44. The summed E-state index contributed by atoms with van der Waals surface area (Å²) < 4.78 is 11.9. The number of rotatable bonds is 17. The quantitative estimate of drug-likeness (QED) is 0.0832. The van der Waals surface area contributed by atoms with Gasteiger partial charge in [0.2, 0.25) is 0 Å². The maximum absolute atomic E-state index is 11.8. The van der Waals surface area contributed by atoms with Gasteiger partial charge in [0.1, 0.15) is 0 Å². The van der Waals surface area contributed by atoms with Crippen LogP contribution in [0.1, 0.15) is 93.9 Å². The Hall–Kier alpha value is -0.811. The Kier molecular flexibility index (Phi) is 18.1. The molecule has 190 valence electrons. The molecular weight excluding hydrogens is 515 g/mol. The number of hydrogen-bond donors (Lipinski definition) is 1. The van der Waals surface area contributed by atoms with Crippen LogP contribution in [0, 0.1) is 5.92 Å². The molecule has 0 saturated carbocycles. The summed E-state index contributed by atoms with van der Waals surface area (Å²) in [5, 5.41) is 10.9. The van der Waals surface area contributed by atoms with Crippen molar-refractivity contribution < 1.29 is 14.6 Å².